The van der Waals surface area contributed by atoms with Crippen LogP contribution in [0.2, 0.25) is 0 Å². The lowest BCUT2D eigenvalue weighted by molar-refractivity contribution is 0.138. The van der Waals surface area contributed by atoms with Crippen molar-refractivity contribution in [3.8, 4) is 28.0 Å². The highest BCUT2D eigenvalue weighted by atomic mass is 16.5. The standard InChI is InChI=1S/C62H48N2O/c1-2-18-47-43(16-1)40-60(51-22-6-5-20-49(47)51)63(44-36-32-41(33-37-44)46-17-3-4-21-50(46)55-26-15-27-56-54-25-10-14-31-61(54)65-62(55)56)45-38-34-42(35-39-45)48-19-7-11-28-57(48)64-58-29-12-8-23-52(58)53-24-9-13-30-59(53)64/h1-14,16-25,28-40,52,55-56,58,62H,15,26-27H2/t52?,55-,56?,58?,62?/m0/s1. The summed E-state index contributed by atoms with van der Waals surface area (Å²) in [7, 11) is 0. The van der Waals surface area contributed by atoms with Crippen molar-refractivity contribution in [3.05, 3.63) is 241 Å². The molecule has 0 amide bonds. The first-order chi connectivity index (χ1) is 32.3. The van der Waals surface area contributed by atoms with Crippen molar-refractivity contribution in [2.45, 2.75) is 49.2 Å². The molecule has 0 radical (unpaired) electrons. The normalized spacial score (nSPS) is 20.2. The van der Waals surface area contributed by atoms with E-state index in [1.165, 1.54) is 84.7 Å². The van der Waals surface area contributed by atoms with Gasteiger partial charge in [-0.2, -0.15) is 0 Å². The zero-order valence-electron chi connectivity index (χ0n) is 36.2. The lowest BCUT2D eigenvalue weighted by Gasteiger charge is -2.34. The zero-order chi connectivity index (χ0) is 42.8. The number of hydrogen-bond acceptors (Lipinski definition) is 3. The van der Waals surface area contributed by atoms with Crippen LogP contribution >= 0.6 is 0 Å². The van der Waals surface area contributed by atoms with Gasteiger partial charge in [-0.25, -0.2) is 0 Å². The van der Waals surface area contributed by atoms with Gasteiger partial charge in [-0.3, -0.25) is 0 Å². The molecule has 0 bridgehead atoms. The Balaban J connectivity index is 0.904. The maximum atomic E-state index is 6.77. The number of nitrogens with zero attached hydrogens (tertiary/aromatic N) is 2. The fraction of sp³-hybridized carbons (Fsp3) is 0.129. The average Bonchev–Trinajstić information content (AvgIpc) is 3.93. The van der Waals surface area contributed by atoms with E-state index >= 15 is 0 Å². The van der Waals surface area contributed by atoms with Crippen molar-refractivity contribution in [1.82, 2.24) is 0 Å². The summed E-state index contributed by atoms with van der Waals surface area (Å²) in [6.07, 6.45) is 12.8. The van der Waals surface area contributed by atoms with Crippen LogP contribution in [0.5, 0.6) is 5.75 Å². The van der Waals surface area contributed by atoms with Crippen LogP contribution in [0.3, 0.4) is 0 Å². The van der Waals surface area contributed by atoms with Gasteiger partial charge >= 0.3 is 0 Å². The predicted molar refractivity (Wildman–Crippen MR) is 271 cm³/mol. The van der Waals surface area contributed by atoms with E-state index in [0.717, 1.165) is 29.2 Å². The van der Waals surface area contributed by atoms with Gasteiger partial charge in [0.2, 0.25) is 0 Å². The summed E-state index contributed by atoms with van der Waals surface area (Å²) in [6.45, 7) is 0. The molecule has 4 aliphatic rings. The average molecular weight is 837 g/mol. The van der Waals surface area contributed by atoms with Crippen LogP contribution < -0.4 is 14.5 Å². The van der Waals surface area contributed by atoms with Gasteiger partial charge in [0.15, 0.2) is 0 Å². The molecule has 0 spiro atoms. The van der Waals surface area contributed by atoms with E-state index in [0.29, 0.717) is 17.8 Å². The van der Waals surface area contributed by atoms with E-state index in [1.807, 2.05) is 0 Å². The lowest BCUT2D eigenvalue weighted by atomic mass is 9.72. The van der Waals surface area contributed by atoms with Crippen molar-refractivity contribution >= 4 is 50.0 Å². The minimum absolute atomic E-state index is 0.164. The summed E-state index contributed by atoms with van der Waals surface area (Å²) in [5, 5.41) is 4.95. The van der Waals surface area contributed by atoms with Gasteiger partial charge in [0, 0.05) is 57.0 Å². The van der Waals surface area contributed by atoms with E-state index < -0.39 is 0 Å². The number of rotatable bonds is 7. The van der Waals surface area contributed by atoms with E-state index in [4.69, 9.17) is 4.74 Å². The second-order valence-electron chi connectivity index (χ2n) is 18.2. The molecular weight excluding hydrogens is 789 g/mol. The summed E-state index contributed by atoms with van der Waals surface area (Å²) in [5.74, 6) is 2.18. The summed E-state index contributed by atoms with van der Waals surface area (Å²) in [6, 6.07) is 74.3. The predicted octanol–water partition coefficient (Wildman–Crippen LogP) is 16.3. The maximum absolute atomic E-state index is 6.77. The highest BCUT2D eigenvalue weighted by Gasteiger charge is 2.43. The topological polar surface area (TPSA) is 15.7 Å². The monoisotopic (exact) mass is 836 g/mol. The molecule has 0 aromatic heterocycles. The molecule has 9 aromatic rings. The number of anilines is 5. The summed E-state index contributed by atoms with van der Waals surface area (Å²) >= 11 is 0. The largest absolute Gasteiger partial charge is 0.489 e. The van der Waals surface area contributed by atoms with Crippen LogP contribution in [-0.2, 0) is 0 Å². The SMILES string of the molecule is C1=CC2c3ccccc3N(c3ccccc3-c3ccc(N(c4ccc(-c5ccccc5[C@@H]5CCCC6c7ccccc7OC65)cc4)c4cc5ccccc5c5ccccc45)cc3)C2C=C1. The summed E-state index contributed by atoms with van der Waals surface area (Å²) in [4.78, 5) is 5.00. The van der Waals surface area contributed by atoms with E-state index in [9.17, 15) is 0 Å². The highest BCUT2D eigenvalue weighted by Crippen LogP contribution is 2.53. The molecule has 65 heavy (non-hydrogen) atoms. The first-order valence-electron chi connectivity index (χ1n) is 23.3. The molecule has 3 heteroatoms. The van der Waals surface area contributed by atoms with Gasteiger partial charge in [-0.15, -0.1) is 0 Å². The van der Waals surface area contributed by atoms with Crippen molar-refractivity contribution in [2.24, 2.45) is 0 Å². The third-order valence-corrected chi connectivity index (χ3v) is 14.7. The van der Waals surface area contributed by atoms with E-state index in [1.54, 1.807) is 0 Å². The van der Waals surface area contributed by atoms with Crippen LogP contribution in [0.25, 0.3) is 43.8 Å². The van der Waals surface area contributed by atoms with Gasteiger partial charge in [0.25, 0.3) is 0 Å². The Bertz CT molecular complexity index is 3330. The summed E-state index contributed by atoms with van der Waals surface area (Å²) in [5.41, 5.74) is 15.0. The Morgan fingerprint density at radius 3 is 1.82 bits per heavy atom. The Kier molecular flexibility index (Phi) is 9.08. The van der Waals surface area contributed by atoms with Crippen LogP contribution in [0, 0.1) is 0 Å². The molecule has 2 aliphatic heterocycles. The lowest BCUT2D eigenvalue weighted by Crippen LogP contribution is -2.31. The minimum atomic E-state index is 0.164. The molecule has 1 fully saturated rings. The molecule has 0 N–H and O–H groups in total. The first kappa shape index (κ1) is 37.9. The molecule has 13 rings (SSSR count). The Morgan fingerprint density at radius 2 is 1.03 bits per heavy atom. The van der Waals surface area contributed by atoms with E-state index in [2.05, 4.69) is 234 Å². The quantitative estimate of drug-likeness (QED) is 0.149. The van der Waals surface area contributed by atoms with Gasteiger partial charge in [0.05, 0.1) is 11.7 Å². The number of ether oxygens (including phenoxy) is 1. The van der Waals surface area contributed by atoms with Crippen molar-refractivity contribution in [2.75, 3.05) is 9.80 Å². The fourth-order valence-electron chi connectivity index (χ4n) is 11.8. The zero-order valence-corrected chi connectivity index (χ0v) is 36.2. The smallest absolute Gasteiger partial charge is 0.123 e. The second kappa shape index (κ2) is 15.6. The van der Waals surface area contributed by atoms with E-state index in [-0.39, 0.29) is 12.1 Å². The molecule has 4 unspecified atom stereocenters. The first-order valence-corrected chi connectivity index (χ1v) is 23.3. The molecule has 1 saturated carbocycles. The number of allylic oxidation sites excluding steroid dienone is 2. The highest BCUT2D eigenvalue weighted by molar-refractivity contribution is 6.14. The van der Waals surface area contributed by atoms with Crippen LogP contribution in [0.1, 0.15) is 53.7 Å². The third-order valence-electron chi connectivity index (χ3n) is 14.7. The third kappa shape index (κ3) is 6.25. The molecule has 5 atom stereocenters. The van der Waals surface area contributed by atoms with Crippen molar-refractivity contribution in [3.63, 3.8) is 0 Å². The van der Waals surface area contributed by atoms with Crippen molar-refractivity contribution in [1.29, 1.82) is 0 Å². The van der Waals surface area contributed by atoms with Gasteiger partial charge in [-0.05, 0) is 105 Å². The maximum Gasteiger partial charge on any atom is 0.123 e. The molecule has 9 aromatic carbocycles. The number of benzene rings is 9. The molecule has 2 aliphatic carbocycles. The van der Waals surface area contributed by atoms with Gasteiger partial charge < -0.3 is 14.5 Å². The number of para-hydroxylation sites is 3. The van der Waals surface area contributed by atoms with Crippen molar-refractivity contribution < 1.29 is 4.74 Å². The number of fused-ring (bicyclic) bond motifs is 9. The summed E-state index contributed by atoms with van der Waals surface area (Å²) < 4.78 is 6.77. The molecule has 312 valence electrons. The van der Waals surface area contributed by atoms with Crippen LogP contribution in [0.4, 0.5) is 28.4 Å². The number of hydrogen-bond donors (Lipinski definition) is 0. The fourth-order valence-corrected chi connectivity index (χ4v) is 11.8. The second-order valence-corrected chi connectivity index (χ2v) is 18.2. The molecule has 2 heterocycles. The van der Waals surface area contributed by atoms with Gasteiger partial charge in [-0.1, -0.05) is 182 Å². The minimum Gasteiger partial charge on any atom is -0.489 e. The van der Waals surface area contributed by atoms with Crippen LogP contribution in [-0.4, -0.2) is 12.1 Å². The Morgan fingerprint density at radius 1 is 0.462 bits per heavy atom. The molecular formula is C62H48N2O. The molecule has 3 nitrogen and oxygen atoms in total. The molecule has 0 saturated heterocycles. The van der Waals surface area contributed by atoms with Gasteiger partial charge in [0.1, 0.15) is 11.9 Å². The Hall–Kier alpha value is -7.62. The van der Waals surface area contributed by atoms with Crippen LogP contribution in [0.15, 0.2) is 224 Å². The Labute approximate surface area is 381 Å².